The quantitative estimate of drug-likeness (QED) is 0.925. The van der Waals surface area contributed by atoms with Gasteiger partial charge in [-0.05, 0) is 38.3 Å². The fourth-order valence-corrected chi connectivity index (χ4v) is 3.37. The zero-order valence-electron chi connectivity index (χ0n) is 15.5. The molecule has 0 unspecified atom stereocenters. The summed E-state index contributed by atoms with van der Waals surface area (Å²) in [5.41, 5.74) is 2.77. The van der Waals surface area contributed by atoms with E-state index in [1.807, 2.05) is 12.1 Å². The summed E-state index contributed by atoms with van der Waals surface area (Å²) in [6, 6.07) is 5.88. The molecule has 1 aromatic carbocycles. The van der Waals surface area contributed by atoms with Crippen LogP contribution in [0.2, 0.25) is 0 Å². The maximum absolute atomic E-state index is 12.5. The minimum Gasteiger partial charge on any atom is -0.372 e. The topological polar surface area (TPSA) is 59.4 Å². The summed E-state index contributed by atoms with van der Waals surface area (Å²) in [6.45, 7) is 10.8. The molecule has 1 amide bonds. The van der Waals surface area contributed by atoms with Gasteiger partial charge in [0.2, 0.25) is 0 Å². The number of nitrogens with zero attached hydrogens (tertiary/aromatic N) is 3. The van der Waals surface area contributed by atoms with E-state index in [4.69, 9.17) is 4.74 Å². The van der Waals surface area contributed by atoms with Crippen LogP contribution in [-0.2, 0) is 4.74 Å². The zero-order chi connectivity index (χ0) is 18.0. The zero-order valence-corrected chi connectivity index (χ0v) is 15.5. The predicted molar refractivity (Wildman–Crippen MR) is 100 cm³/mol. The monoisotopic (exact) mass is 344 g/mol. The lowest BCUT2D eigenvalue weighted by Crippen LogP contribution is -2.45. The summed E-state index contributed by atoms with van der Waals surface area (Å²) in [5.74, 6) is 0.566. The second-order valence-electron chi connectivity index (χ2n) is 7.34. The second-order valence-corrected chi connectivity index (χ2v) is 7.34. The number of rotatable bonds is 4. The number of nitrogens with one attached hydrogen (secondary N) is 1. The highest BCUT2D eigenvalue weighted by atomic mass is 16.5. The molecular weight excluding hydrogens is 316 g/mol. The Kier molecular flexibility index (Phi) is 5.27. The van der Waals surface area contributed by atoms with Crippen molar-refractivity contribution in [1.29, 1.82) is 0 Å². The van der Waals surface area contributed by atoms with Gasteiger partial charge in [0.15, 0.2) is 0 Å². The number of benzene rings is 1. The number of imidazole rings is 1. The molecular formula is C19H28N4O2. The van der Waals surface area contributed by atoms with Crippen LogP contribution in [0.4, 0.5) is 10.5 Å². The van der Waals surface area contributed by atoms with Gasteiger partial charge in [-0.1, -0.05) is 19.9 Å². The Morgan fingerprint density at radius 3 is 2.72 bits per heavy atom. The molecule has 0 spiro atoms. The molecule has 2 atom stereocenters. The Labute approximate surface area is 149 Å². The number of anilines is 1. The normalized spacial score (nSPS) is 21.1. The smallest absolute Gasteiger partial charge is 0.327 e. The van der Waals surface area contributed by atoms with E-state index < -0.39 is 0 Å². The lowest BCUT2D eigenvalue weighted by molar-refractivity contribution is -0.00514. The first-order chi connectivity index (χ1) is 12.0. The number of morpholine rings is 1. The number of aromatic nitrogens is 2. The number of hydrogen-bond acceptors (Lipinski definition) is 4. The summed E-state index contributed by atoms with van der Waals surface area (Å²) in [5, 5.41) is 2.97. The summed E-state index contributed by atoms with van der Waals surface area (Å²) in [7, 11) is 0. The molecule has 0 radical (unpaired) electrons. The molecule has 1 fully saturated rings. The van der Waals surface area contributed by atoms with Crippen LogP contribution in [0.3, 0.4) is 0 Å². The lowest BCUT2D eigenvalue weighted by Gasteiger charge is -2.36. The first-order valence-corrected chi connectivity index (χ1v) is 9.10. The van der Waals surface area contributed by atoms with E-state index in [1.54, 1.807) is 10.9 Å². The first kappa shape index (κ1) is 17.7. The number of fused-ring (bicyclic) bond motifs is 1. The third-order valence-electron chi connectivity index (χ3n) is 4.53. The Bertz CT molecular complexity index is 730. The predicted octanol–water partition coefficient (Wildman–Crippen LogP) is 3.25. The van der Waals surface area contributed by atoms with Crippen LogP contribution in [0, 0.1) is 5.92 Å². The summed E-state index contributed by atoms with van der Waals surface area (Å²) in [6.07, 6.45) is 2.94. The van der Waals surface area contributed by atoms with Crippen molar-refractivity contribution in [3.63, 3.8) is 0 Å². The van der Waals surface area contributed by atoms with E-state index in [2.05, 4.69) is 49.0 Å². The summed E-state index contributed by atoms with van der Waals surface area (Å²) < 4.78 is 7.43. The molecule has 0 bridgehead atoms. The molecule has 0 saturated carbocycles. The van der Waals surface area contributed by atoms with Gasteiger partial charge in [-0.3, -0.25) is 4.57 Å². The Morgan fingerprint density at radius 1 is 1.32 bits per heavy atom. The van der Waals surface area contributed by atoms with Crippen molar-refractivity contribution in [1.82, 2.24) is 14.9 Å². The average molecular weight is 344 g/mol. The lowest BCUT2D eigenvalue weighted by atomic mass is 10.1. The van der Waals surface area contributed by atoms with Crippen molar-refractivity contribution in [3.8, 4) is 0 Å². The van der Waals surface area contributed by atoms with E-state index in [9.17, 15) is 4.79 Å². The maximum Gasteiger partial charge on any atom is 0.327 e. The first-order valence-electron chi connectivity index (χ1n) is 9.10. The average Bonchev–Trinajstić information content (AvgIpc) is 2.97. The minimum atomic E-state index is -0.121. The third-order valence-corrected chi connectivity index (χ3v) is 4.53. The van der Waals surface area contributed by atoms with Gasteiger partial charge in [0, 0.05) is 19.6 Å². The van der Waals surface area contributed by atoms with E-state index in [1.165, 1.54) is 0 Å². The van der Waals surface area contributed by atoms with Gasteiger partial charge in [0.05, 0.1) is 23.4 Å². The molecule has 1 aliphatic rings. The van der Waals surface area contributed by atoms with Crippen LogP contribution in [0.25, 0.3) is 11.0 Å². The minimum absolute atomic E-state index is 0.121. The number of carbonyl (C=O) groups excluding carboxylic acids is 1. The van der Waals surface area contributed by atoms with Crippen LogP contribution in [-0.4, -0.2) is 47.4 Å². The van der Waals surface area contributed by atoms with Gasteiger partial charge < -0.3 is 15.0 Å². The molecule has 136 valence electrons. The number of para-hydroxylation sites is 1. The highest BCUT2D eigenvalue weighted by Crippen LogP contribution is 2.28. The molecule has 25 heavy (non-hydrogen) atoms. The number of amides is 1. The van der Waals surface area contributed by atoms with Crippen LogP contribution >= 0.6 is 0 Å². The van der Waals surface area contributed by atoms with Gasteiger partial charge in [-0.2, -0.15) is 0 Å². The molecule has 1 N–H and O–H groups in total. The highest BCUT2D eigenvalue weighted by molar-refractivity contribution is 5.95. The standard InChI is InChI=1S/C19H28N4O2/c1-13(2)8-9-20-19(24)23-12-21-18-16(6-5-7-17(18)23)22-10-14(3)25-15(4)11-22/h5-7,12-15H,8-11H2,1-4H3,(H,20,24)/t14-,15-/m1/s1. The van der Waals surface area contributed by atoms with E-state index >= 15 is 0 Å². The SMILES string of the molecule is CC(C)CCNC(=O)n1cnc2c(N3C[C@@H](C)O[C@H](C)C3)cccc21. The Hall–Kier alpha value is -2.08. The van der Waals surface area contributed by atoms with Crippen molar-refractivity contribution < 1.29 is 9.53 Å². The maximum atomic E-state index is 12.5. The molecule has 3 rings (SSSR count). The summed E-state index contributed by atoms with van der Waals surface area (Å²) in [4.78, 5) is 19.3. The van der Waals surface area contributed by atoms with Crippen LogP contribution < -0.4 is 10.2 Å². The second kappa shape index (κ2) is 7.44. The Balaban J connectivity index is 1.83. The highest BCUT2D eigenvalue weighted by Gasteiger charge is 2.24. The van der Waals surface area contributed by atoms with Crippen molar-refractivity contribution in [3.05, 3.63) is 24.5 Å². The molecule has 2 aromatic rings. The molecule has 0 aliphatic carbocycles. The largest absolute Gasteiger partial charge is 0.372 e. The van der Waals surface area contributed by atoms with Crippen molar-refractivity contribution in [2.45, 2.75) is 46.3 Å². The van der Waals surface area contributed by atoms with Gasteiger partial charge in [0.25, 0.3) is 0 Å². The van der Waals surface area contributed by atoms with E-state index in [-0.39, 0.29) is 18.2 Å². The molecule has 1 aliphatic heterocycles. The van der Waals surface area contributed by atoms with Gasteiger partial charge in [-0.15, -0.1) is 0 Å². The summed E-state index contributed by atoms with van der Waals surface area (Å²) >= 11 is 0. The third kappa shape index (κ3) is 3.95. The molecule has 6 heteroatoms. The van der Waals surface area contributed by atoms with Gasteiger partial charge in [0.1, 0.15) is 11.8 Å². The number of carbonyl (C=O) groups is 1. The molecule has 1 aromatic heterocycles. The Morgan fingerprint density at radius 2 is 2.04 bits per heavy atom. The van der Waals surface area contributed by atoms with E-state index in [0.29, 0.717) is 12.5 Å². The molecule has 2 heterocycles. The number of ether oxygens (including phenoxy) is 1. The fourth-order valence-electron chi connectivity index (χ4n) is 3.37. The molecule has 1 saturated heterocycles. The van der Waals surface area contributed by atoms with Crippen molar-refractivity contribution in [2.75, 3.05) is 24.5 Å². The van der Waals surface area contributed by atoms with Crippen LogP contribution in [0.5, 0.6) is 0 Å². The van der Waals surface area contributed by atoms with Crippen LogP contribution in [0.15, 0.2) is 24.5 Å². The molecule has 6 nitrogen and oxygen atoms in total. The van der Waals surface area contributed by atoms with Crippen molar-refractivity contribution in [2.24, 2.45) is 5.92 Å². The fraction of sp³-hybridized carbons (Fsp3) is 0.579. The van der Waals surface area contributed by atoms with Crippen LogP contribution in [0.1, 0.15) is 34.1 Å². The van der Waals surface area contributed by atoms with Gasteiger partial charge >= 0.3 is 6.03 Å². The number of hydrogen-bond donors (Lipinski definition) is 1. The van der Waals surface area contributed by atoms with Crippen molar-refractivity contribution >= 4 is 22.8 Å². The van der Waals surface area contributed by atoms with E-state index in [0.717, 1.165) is 36.2 Å². The van der Waals surface area contributed by atoms with Gasteiger partial charge in [-0.25, -0.2) is 9.78 Å².